The van der Waals surface area contributed by atoms with Gasteiger partial charge in [-0.15, -0.1) is 0 Å². The number of carbonyl (C=O) groups is 3. The third-order valence-corrected chi connectivity index (χ3v) is 2.97. The SMILES string of the molecule is CC(=O)Nc1ccc(C)cc1NC=C1C(=O)OC(C)(C)OC1=O. The standard InChI is InChI=1S/C16H18N2O5/c1-9-5-6-12(18-10(2)19)13(7-9)17-8-11-14(20)22-16(3,4)23-15(11)21/h5-8,17H,1-4H3,(H,18,19). The van der Waals surface area contributed by atoms with Crippen molar-refractivity contribution in [3.8, 4) is 0 Å². The smallest absolute Gasteiger partial charge is 0.350 e. The van der Waals surface area contributed by atoms with Crippen molar-refractivity contribution < 1.29 is 23.9 Å². The van der Waals surface area contributed by atoms with Crippen molar-refractivity contribution in [3.63, 3.8) is 0 Å². The van der Waals surface area contributed by atoms with Gasteiger partial charge in [-0.05, 0) is 24.6 Å². The van der Waals surface area contributed by atoms with Crippen molar-refractivity contribution in [2.45, 2.75) is 33.5 Å². The Hall–Kier alpha value is -2.83. The van der Waals surface area contributed by atoms with Crippen LogP contribution < -0.4 is 10.6 Å². The predicted molar refractivity (Wildman–Crippen MR) is 83.5 cm³/mol. The number of anilines is 2. The van der Waals surface area contributed by atoms with Gasteiger partial charge in [0.15, 0.2) is 5.57 Å². The first kappa shape index (κ1) is 16.5. The van der Waals surface area contributed by atoms with E-state index < -0.39 is 17.7 Å². The molecule has 0 radical (unpaired) electrons. The van der Waals surface area contributed by atoms with E-state index in [4.69, 9.17) is 9.47 Å². The lowest BCUT2D eigenvalue weighted by Gasteiger charge is -2.29. The Morgan fingerprint density at radius 3 is 2.30 bits per heavy atom. The van der Waals surface area contributed by atoms with Crippen molar-refractivity contribution in [1.29, 1.82) is 0 Å². The van der Waals surface area contributed by atoms with E-state index in [0.717, 1.165) is 5.56 Å². The monoisotopic (exact) mass is 318 g/mol. The third-order valence-electron chi connectivity index (χ3n) is 2.97. The van der Waals surface area contributed by atoms with Crippen molar-refractivity contribution in [3.05, 3.63) is 35.5 Å². The molecule has 2 N–H and O–H groups in total. The van der Waals surface area contributed by atoms with E-state index in [1.165, 1.54) is 27.0 Å². The number of nitrogens with one attached hydrogen (secondary N) is 2. The number of hydrogen-bond donors (Lipinski definition) is 2. The topological polar surface area (TPSA) is 93.7 Å². The molecule has 1 saturated heterocycles. The lowest BCUT2D eigenvalue weighted by Crippen LogP contribution is -2.42. The number of esters is 2. The van der Waals surface area contributed by atoms with Gasteiger partial charge in [0.2, 0.25) is 5.91 Å². The minimum atomic E-state index is -1.28. The lowest BCUT2D eigenvalue weighted by molar-refractivity contribution is -0.222. The van der Waals surface area contributed by atoms with E-state index in [2.05, 4.69) is 10.6 Å². The molecule has 0 atom stereocenters. The first-order chi connectivity index (χ1) is 10.7. The lowest BCUT2D eigenvalue weighted by atomic mass is 10.2. The molecule has 122 valence electrons. The molecule has 1 amide bonds. The van der Waals surface area contributed by atoms with Gasteiger partial charge in [-0.3, -0.25) is 4.79 Å². The normalized spacial score (nSPS) is 16.3. The fourth-order valence-corrected chi connectivity index (χ4v) is 2.00. The summed E-state index contributed by atoms with van der Waals surface area (Å²) in [5.41, 5.74) is 1.76. The van der Waals surface area contributed by atoms with Crippen LogP contribution in [0.5, 0.6) is 0 Å². The predicted octanol–water partition coefficient (Wildman–Crippen LogP) is 2.09. The minimum Gasteiger partial charge on any atom is -0.419 e. The van der Waals surface area contributed by atoms with Gasteiger partial charge in [0, 0.05) is 27.0 Å². The Morgan fingerprint density at radius 1 is 1.13 bits per heavy atom. The van der Waals surface area contributed by atoms with Gasteiger partial charge in [-0.1, -0.05) is 6.07 Å². The first-order valence-electron chi connectivity index (χ1n) is 6.99. The summed E-state index contributed by atoms with van der Waals surface area (Å²) in [5.74, 6) is -3.06. The Labute approximate surface area is 133 Å². The Kier molecular flexibility index (Phi) is 4.40. The average molecular weight is 318 g/mol. The molecule has 0 aromatic heterocycles. The Bertz CT molecular complexity index is 684. The molecule has 1 fully saturated rings. The molecule has 1 aliphatic rings. The van der Waals surface area contributed by atoms with Crippen LogP contribution in [0.15, 0.2) is 30.0 Å². The van der Waals surface area contributed by atoms with E-state index in [9.17, 15) is 14.4 Å². The molecule has 2 rings (SSSR count). The first-order valence-corrected chi connectivity index (χ1v) is 6.99. The van der Waals surface area contributed by atoms with Crippen LogP contribution in [0.2, 0.25) is 0 Å². The van der Waals surface area contributed by atoms with E-state index in [0.29, 0.717) is 11.4 Å². The highest BCUT2D eigenvalue weighted by molar-refractivity contribution is 6.15. The number of rotatable bonds is 3. The summed E-state index contributed by atoms with van der Waals surface area (Å²) in [6.45, 7) is 6.21. The number of aryl methyl sites for hydroxylation is 1. The molecular formula is C16H18N2O5. The van der Waals surface area contributed by atoms with Crippen LogP contribution in [0.3, 0.4) is 0 Å². The van der Waals surface area contributed by atoms with Gasteiger partial charge >= 0.3 is 11.9 Å². The van der Waals surface area contributed by atoms with Crippen LogP contribution in [-0.2, 0) is 23.9 Å². The van der Waals surface area contributed by atoms with Gasteiger partial charge in [0.05, 0.1) is 11.4 Å². The van der Waals surface area contributed by atoms with Crippen LogP contribution in [0.25, 0.3) is 0 Å². The van der Waals surface area contributed by atoms with Gasteiger partial charge in [0.1, 0.15) is 0 Å². The highest BCUT2D eigenvalue weighted by atomic mass is 16.7. The van der Waals surface area contributed by atoms with Crippen molar-refractivity contribution >= 4 is 29.2 Å². The van der Waals surface area contributed by atoms with Gasteiger partial charge in [-0.25, -0.2) is 9.59 Å². The Morgan fingerprint density at radius 2 is 1.74 bits per heavy atom. The molecule has 1 aromatic carbocycles. The molecular weight excluding hydrogens is 300 g/mol. The average Bonchev–Trinajstić information content (AvgIpc) is 2.38. The quantitative estimate of drug-likeness (QED) is 0.503. The maximum absolute atomic E-state index is 11.9. The molecule has 0 aliphatic carbocycles. The summed E-state index contributed by atoms with van der Waals surface area (Å²) in [6.07, 6.45) is 1.21. The van der Waals surface area contributed by atoms with E-state index in [1.54, 1.807) is 12.1 Å². The van der Waals surface area contributed by atoms with Crippen LogP contribution in [-0.4, -0.2) is 23.6 Å². The van der Waals surface area contributed by atoms with Crippen molar-refractivity contribution in [2.24, 2.45) is 0 Å². The van der Waals surface area contributed by atoms with E-state index >= 15 is 0 Å². The second-order valence-corrected chi connectivity index (χ2v) is 5.61. The molecule has 23 heavy (non-hydrogen) atoms. The molecule has 0 unspecified atom stereocenters. The van der Waals surface area contributed by atoms with Crippen LogP contribution in [0, 0.1) is 6.92 Å². The zero-order chi connectivity index (χ0) is 17.2. The molecule has 0 bridgehead atoms. The number of hydrogen-bond acceptors (Lipinski definition) is 6. The van der Waals surface area contributed by atoms with Crippen LogP contribution in [0.4, 0.5) is 11.4 Å². The zero-order valence-electron chi connectivity index (χ0n) is 13.4. The van der Waals surface area contributed by atoms with Crippen LogP contribution in [0.1, 0.15) is 26.3 Å². The maximum atomic E-state index is 11.9. The molecule has 1 aliphatic heterocycles. The van der Waals surface area contributed by atoms with Gasteiger partial charge in [0.25, 0.3) is 5.79 Å². The second kappa shape index (κ2) is 6.12. The molecule has 7 heteroatoms. The number of benzene rings is 1. The second-order valence-electron chi connectivity index (χ2n) is 5.61. The van der Waals surface area contributed by atoms with Crippen molar-refractivity contribution in [1.82, 2.24) is 0 Å². The third kappa shape index (κ3) is 4.09. The number of carbonyl (C=O) groups excluding carboxylic acids is 3. The van der Waals surface area contributed by atoms with Gasteiger partial charge in [-0.2, -0.15) is 0 Å². The molecule has 1 heterocycles. The summed E-state index contributed by atoms with van der Waals surface area (Å²) >= 11 is 0. The van der Waals surface area contributed by atoms with E-state index in [-0.39, 0.29) is 11.5 Å². The highest BCUT2D eigenvalue weighted by Crippen LogP contribution is 2.26. The fourth-order valence-electron chi connectivity index (χ4n) is 2.00. The van der Waals surface area contributed by atoms with Crippen LogP contribution >= 0.6 is 0 Å². The zero-order valence-corrected chi connectivity index (χ0v) is 13.4. The molecule has 1 aromatic rings. The molecule has 0 saturated carbocycles. The fraction of sp³-hybridized carbons (Fsp3) is 0.312. The van der Waals surface area contributed by atoms with E-state index in [1.807, 2.05) is 13.0 Å². The summed E-state index contributed by atoms with van der Waals surface area (Å²) in [5, 5.41) is 5.50. The highest BCUT2D eigenvalue weighted by Gasteiger charge is 2.38. The minimum absolute atomic E-state index is 0.234. The summed E-state index contributed by atoms with van der Waals surface area (Å²) in [4.78, 5) is 35.0. The number of amides is 1. The maximum Gasteiger partial charge on any atom is 0.350 e. The number of ether oxygens (including phenoxy) is 2. The molecule has 0 spiro atoms. The summed E-state index contributed by atoms with van der Waals surface area (Å²) in [6, 6.07) is 5.32. The summed E-state index contributed by atoms with van der Waals surface area (Å²) in [7, 11) is 0. The largest absolute Gasteiger partial charge is 0.419 e. The number of cyclic esters (lactones) is 2. The van der Waals surface area contributed by atoms with Gasteiger partial charge < -0.3 is 20.1 Å². The van der Waals surface area contributed by atoms with Crippen molar-refractivity contribution in [2.75, 3.05) is 10.6 Å². The molecule has 7 nitrogen and oxygen atoms in total. The Balaban J connectivity index is 2.26. The summed E-state index contributed by atoms with van der Waals surface area (Å²) < 4.78 is 10.0.